The fraction of sp³-hybridized carbons (Fsp3) is 0.222. The van der Waals surface area contributed by atoms with Crippen molar-refractivity contribution in [3.8, 4) is 0 Å². The number of hydrogen-bond acceptors (Lipinski definition) is 3. The van der Waals surface area contributed by atoms with E-state index >= 15 is 0 Å². The second-order valence-corrected chi connectivity index (χ2v) is 3.21. The molecule has 0 aromatic heterocycles. The average Bonchev–Trinajstić information content (AvgIpc) is 2.67. The molecule has 16 heavy (non-hydrogen) atoms. The lowest BCUT2D eigenvalue weighted by Crippen LogP contribution is -2.29. The molecule has 1 atom stereocenters. The Balaban J connectivity index is 2.21. The number of aliphatic imine (C=N–C) groups is 1. The van der Waals surface area contributed by atoms with E-state index in [9.17, 15) is 13.2 Å². The Morgan fingerprint density at radius 2 is 1.88 bits per heavy atom. The van der Waals surface area contributed by atoms with Gasteiger partial charge < -0.3 is 0 Å². The summed E-state index contributed by atoms with van der Waals surface area (Å²) in [7, 11) is 5.45. The number of alkyl halides is 3. The van der Waals surface area contributed by atoms with Gasteiger partial charge in [0.2, 0.25) is 0 Å². The van der Waals surface area contributed by atoms with E-state index in [1.165, 1.54) is 0 Å². The Morgan fingerprint density at radius 3 is 2.38 bits per heavy atom. The quantitative estimate of drug-likeness (QED) is 0.713. The van der Waals surface area contributed by atoms with Gasteiger partial charge in [-0.2, -0.15) is 13.2 Å². The lowest BCUT2D eigenvalue weighted by Gasteiger charge is -2.08. The van der Waals surface area contributed by atoms with Gasteiger partial charge in [-0.15, -0.1) is 0 Å². The SMILES string of the molecule is [B]c1ccc(C2=NC(C(F)(F)F)ON2)cc1. The predicted octanol–water partition coefficient (Wildman–Crippen LogP) is 0.650. The van der Waals surface area contributed by atoms with Crippen LogP contribution in [0.2, 0.25) is 0 Å². The molecular weight excluding hydrogens is 220 g/mol. The normalized spacial score (nSPS) is 20.4. The van der Waals surface area contributed by atoms with E-state index in [4.69, 9.17) is 7.85 Å². The molecule has 0 bridgehead atoms. The summed E-state index contributed by atoms with van der Waals surface area (Å²) in [5.41, 5.74) is 3.15. The molecule has 3 nitrogen and oxygen atoms in total. The highest BCUT2D eigenvalue weighted by Gasteiger charge is 2.44. The third-order valence-electron chi connectivity index (χ3n) is 1.98. The van der Waals surface area contributed by atoms with Crippen LogP contribution < -0.4 is 10.9 Å². The maximum Gasteiger partial charge on any atom is 0.437 e. The maximum absolute atomic E-state index is 12.2. The summed E-state index contributed by atoms with van der Waals surface area (Å²) in [5.74, 6) is 0.0438. The van der Waals surface area contributed by atoms with Gasteiger partial charge in [-0.25, -0.2) is 15.3 Å². The van der Waals surface area contributed by atoms with Crippen molar-refractivity contribution in [3.63, 3.8) is 0 Å². The van der Waals surface area contributed by atoms with Crippen LogP contribution in [0.15, 0.2) is 29.3 Å². The molecule has 0 amide bonds. The molecule has 2 radical (unpaired) electrons. The summed E-state index contributed by atoms with van der Waals surface area (Å²) in [5, 5.41) is 0. The van der Waals surface area contributed by atoms with E-state index in [0.717, 1.165) is 0 Å². The largest absolute Gasteiger partial charge is 0.437 e. The summed E-state index contributed by atoms with van der Waals surface area (Å²) >= 11 is 0. The Bertz CT molecular complexity index is 416. The Labute approximate surface area is 90.7 Å². The van der Waals surface area contributed by atoms with Crippen LogP contribution in [0.5, 0.6) is 0 Å². The van der Waals surface area contributed by atoms with Crippen molar-refractivity contribution >= 4 is 19.1 Å². The Morgan fingerprint density at radius 1 is 1.25 bits per heavy atom. The minimum Gasteiger partial charge on any atom is -0.246 e. The highest BCUT2D eigenvalue weighted by atomic mass is 19.4. The molecule has 2 rings (SSSR count). The molecule has 0 aliphatic carbocycles. The highest BCUT2D eigenvalue weighted by molar-refractivity contribution is 6.32. The number of nitrogens with zero attached hydrogens (tertiary/aromatic N) is 1. The standard InChI is InChI=1S/C9H6BF3N2O/c10-6-3-1-5(2-4-6)7-14-8(16-15-7)9(11,12)13/h1-4,8H,(H,14,15). The summed E-state index contributed by atoms with van der Waals surface area (Å²) in [4.78, 5) is 7.68. The molecule has 1 aromatic rings. The number of rotatable bonds is 1. The third kappa shape index (κ3) is 2.19. The zero-order valence-electron chi connectivity index (χ0n) is 7.95. The van der Waals surface area contributed by atoms with Crippen LogP contribution in [0.25, 0.3) is 0 Å². The van der Waals surface area contributed by atoms with Gasteiger partial charge in [-0.1, -0.05) is 29.7 Å². The lowest BCUT2D eigenvalue weighted by atomic mass is 9.95. The van der Waals surface area contributed by atoms with Crippen LogP contribution in [0.3, 0.4) is 0 Å². The second kappa shape index (κ2) is 3.82. The smallest absolute Gasteiger partial charge is 0.246 e. The number of amidine groups is 1. The number of benzene rings is 1. The molecule has 1 heterocycles. The van der Waals surface area contributed by atoms with Crippen molar-refractivity contribution in [3.05, 3.63) is 29.8 Å². The van der Waals surface area contributed by atoms with Crippen molar-refractivity contribution in [2.24, 2.45) is 4.99 Å². The van der Waals surface area contributed by atoms with Gasteiger partial charge in [0.15, 0.2) is 5.84 Å². The molecule has 0 saturated heterocycles. The van der Waals surface area contributed by atoms with Crippen molar-refractivity contribution in [2.45, 2.75) is 12.4 Å². The first kappa shape index (κ1) is 11.0. The van der Waals surface area contributed by atoms with Crippen molar-refractivity contribution < 1.29 is 18.0 Å². The predicted molar refractivity (Wildman–Crippen MR) is 52.4 cm³/mol. The Kier molecular flexibility index (Phi) is 2.63. The fourth-order valence-corrected chi connectivity index (χ4v) is 1.20. The number of halogens is 3. The minimum absolute atomic E-state index is 0.0438. The van der Waals surface area contributed by atoms with Crippen molar-refractivity contribution in [1.82, 2.24) is 5.48 Å². The molecule has 1 unspecified atom stereocenters. The molecule has 1 N–H and O–H groups in total. The monoisotopic (exact) mass is 226 g/mol. The van der Waals surface area contributed by atoms with E-state index in [1.807, 2.05) is 0 Å². The Hall–Kier alpha value is -1.50. The zero-order valence-corrected chi connectivity index (χ0v) is 7.95. The van der Waals surface area contributed by atoms with Crippen LogP contribution in [-0.4, -0.2) is 26.1 Å². The van der Waals surface area contributed by atoms with Gasteiger partial charge >= 0.3 is 6.18 Å². The molecule has 82 valence electrons. The van der Waals surface area contributed by atoms with Crippen LogP contribution >= 0.6 is 0 Å². The number of hydroxylamine groups is 1. The van der Waals surface area contributed by atoms with Gasteiger partial charge in [0.05, 0.1) is 0 Å². The van der Waals surface area contributed by atoms with E-state index in [0.29, 0.717) is 11.0 Å². The summed E-state index contributed by atoms with van der Waals surface area (Å²) in [6, 6.07) is 6.26. The first-order valence-corrected chi connectivity index (χ1v) is 4.39. The van der Waals surface area contributed by atoms with E-state index < -0.39 is 12.4 Å². The molecule has 7 heteroatoms. The highest BCUT2D eigenvalue weighted by Crippen LogP contribution is 2.26. The van der Waals surface area contributed by atoms with Gasteiger partial charge in [-0.3, -0.25) is 0 Å². The first-order chi connectivity index (χ1) is 7.47. The van der Waals surface area contributed by atoms with Gasteiger partial charge in [-0.05, 0) is 0 Å². The zero-order chi connectivity index (χ0) is 11.8. The van der Waals surface area contributed by atoms with Gasteiger partial charge in [0.25, 0.3) is 6.23 Å². The number of hydrogen-bond donors (Lipinski definition) is 1. The minimum atomic E-state index is -4.51. The van der Waals surface area contributed by atoms with Crippen LogP contribution in [-0.2, 0) is 4.84 Å². The summed E-state index contributed by atoms with van der Waals surface area (Å²) < 4.78 is 36.7. The van der Waals surface area contributed by atoms with Crippen LogP contribution in [0, 0.1) is 0 Å². The fourth-order valence-electron chi connectivity index (χ4n) is 1.20. The average molecular weight is 226 g/mol. The lowest BCUT2D eigenvalue weighted by molar-refractivity contribution is -0.220. The summed E-state index contributed by atoms with van der Waals surface area (Å²) in [6.07, 6.45) is -6.66. The summed E-state index contributed by atoms with van der Waals surface area (Å²) in [6.45, 7) is 0. The molecule has 0 saturated carbocycles. The first-order valence-electron chi connectivity index (χ1n) is 4.39. The molecular formula is C9H6BF3N2O. The molecule has 1 aliphatic heterocycles. The second-order valence-electron chi connectivity index (χ2n) is 3.21. The van der Waals surface area contributed by atoms with Gasteiger partial charge in [0, 0.05) is 5.56 Å². The number of nitrogens with one attached hydrogen (secondary N) is 1. The molecule has 0 fully saturated rings. The van der Waals surface area contributed by atoms with Gasteiger partial charge in [0.1, 0.15) is 7.85 Å². The van der Waals surface area contributed by atoms with E-state index in [2.05, 4.69) is 15.3 Å². The van der Waals surface area contributed by atoms with Crippen molar-refractivity contribution in [1.29, 1.82) is 0 Å². The van der Waals surface area contributed by atoms with E-state index in [1.54, 1.807) is 24.3 Å². The van der Waals surface area contributed by atoms with Crippen molar-refractivity contribution in [2.75, 3.05) is 0 Å². The topological polar surface area (TPSA) is 33.6 Å². The molecule has 0 spiro atoms. The van der Waals surface area contributed by atoms with E-state index in [-0.39, 0.29) is 5.84 Å². The third-order valence-corrected chi connectivity index (χ3v) is 1.98. The van der Waals surface area contributed by atoms with Crippen LogP contribution in [0.4, 0.5) is 13.2 Å². The molecule has 1 aromatic carbocycles. The molecule has 1 aliphatic rings. The van der Waals surface area contributed by atoms with Crippen LogP contribution in [0.1, 0.15) is 5.56 Å². The maximum atomic E-state index is 12.2.